The number of halogens is 1. The van der Waals surface area contributed by atoms with Gasteiger partial charge in [0.2, 0.25) is 0 Å². The van der Waals surface area contributed by atoms with E-state index in [2.05, 4.69) is 13.1 Å². The number of alkyl halides is 1. The number of nitrogens with one attached hydrogen (secondary N) is 1. The molecule has 0 bridgehead atoms. The van der Waals surface area contributed by atoms with Crippen LogP contribution in [0.25, 0.3) is 0 Å². The molecule has 0 fully saturated rings. The molecule has 0 saturated carbocycles. The minimum Gasteiger partial charge on any atom is -0.392 e. The van der Waals surface area contributed by atoms with E-state index in [1.54, 1.807) is 0 Å². The fourth-order valence-electron chi connectivity index (χ4n) is 2.30. The van der Waals surface area contributed by atoms with Gasteiger partial charge in [0.05, 0.1) is 13.2 Å². The molecule has 34 heavy (non-hydrogen) atoms. The van der Waals surface area contributed by atoms with Crippen molar-refractivity contribution in [3.8, 4) is 0 Å². The molecular formula is C13H22FN2O15P3. The number of ether oxygens (including phenoxy) is 1. The van der Waals surface area contributed by atoms with Crippen LogP contribution in [-0.2, 0) is 31.6 Å². The number of allylic oxidation sites excluding steroid dienone is 1. The average Bonchev–Trinajstić information content (AvgIpc) is 2.66. The normalized spacial score (nSPS) is 19.8. The van der Waals surface area contributed by atoms with Crippen molar-refractivity contribution in [2.75, 3.05) is 19.9 Å². The number of aromatic amines is 1. The molecule has 2 unspecified atom stereocenters. The number of phosphoric acid groups is 3. The summed E-state index contributed by atoms with van der Waals surface area (Å²) in [5.74, 6) is 0. The highest BCUT2D eigenvalue weighted by atomic mass is 31.3. The first kappa shape index (κ1) is 30.7. The summed E-state index contributed by atoms with van der Waals surface area (Å²) in [6, 6.07) is 0.846. The van der Waals surface area contributed by atoms with Crippen LogP contribution >= 0.6 is 23.5 Å². The van der Waals surface area contributed by atoms with Crippen LogP contribution in [0.4, 0.5) is 4.39 Å². The van der Waals surface area contributed by atoms with Gasteiger partial charge in [0, 0.05) is 12.3 Å². The molecule has 1 heterocycles. The van der Waals surface area contributed by atoms with Crippen LogP contribution in [-0.4, -0.2) is 70.9 Å². The maximum absolute atomic E-state index is 14.1. The van der Waals surface area contributed by atoms with Crippen LogP contribution in [0, 0.1) is 0 Å². The summed E-state index contributed by atoms with van der Waals surface area (Å²) in [4.78, 5) is 60.9. The van der Waals surface area contributed by atoms with E-state index in [0.717, 1.165) is 18.3 Å². The van der Waals surface area contributed by atoms with E-state index in [1.807, 2.05) is 4.98 Å². The number of aliphatic hydroxyl groups is 2. The molecular weight excluding hydrogens is 536 g/mol. The predicted octanol–water partition coefficient (Wildman–Crippen LogP) is -0.967. The molecule has 0 aliphatic heterocycles. The molecule has 0 amide bonds. The number of aliphatic hydroxyl groups excluding tert-OH is 2. The lowest BCUT2D eigenvalue weighted by atomic mass is 9.98. The van der Waals surface area contributed by atoms with Crippen LogP contribution < -0.4 is 11.2 Å². The van der Waals surface area contributed by atoms with Gasteiger partial charge in [-0.05, 0) is 6.92 Å². The molecule has 0 saturated heterocycles. The van der Waals surface area contributed by atoms with Gasteiger partial charge in [0.25, 0.3) is 5.56 Å². The van der Waals surface area contributed by atoms with E-state index in [0.29, 0.717) is 4.57 Å². The highest BCUT2D eigenvalue weighted by molar-refractivity contribution is 7.66. The Kier molecular flexibility index (Phi) is 10.9. The highest BCUT2D eigenvalue weighted by Crippen LogP contribution is 2.66. The molecule has 1 rings (SSSR count). The Bertz CT molecular complexity index is 1120. The third kappa shape index (κ3) is 9.36. The second kappa shape index (κ2) is 12.1. The maximum Gasteiger partial charge on any atom is 0.490 e. The van der Waals surface area contributed by atoms with Gasteiger partial charge in [-0.2, -0.15) is 8.62 Å². The molecule has 0 aromatic carbocycles. The van der Waals surface area contributed by atoms with Crippen molar-refractivity contribution in [1.82, 2.24) is 9.55 Å². The molecule has 5 atom stereocenters. The lowest BCUT2D eigenvalue weighted by molar-refractivity contribution is -0.201. The fourth-order valence-corrected chi connectivity index (χ4v) is 5.37. The van der Waals surface area contributed by atoms with Crippen LogP contribution in [0.5, 0.6) is 0 Å². The van der Waals surface area contributed by atoms with Crippen molar-refractivity contribution in [3.63, 3.8) is 0 Å². The van der Waals surface area contributed by atoms with Crippen LogP contribution in [0.15, 0.2) is 34.0 Å². The third-order valence-corrected chi connectivity index (χ3v) is 7.50. The summed E-state index contributed by atoms with van der Waals surface area (Å²) in [7, 11) is -17.3. The Morgan fingerprint density at radius 2 is 1.79 bits per heavy atom. The van der Waals surface area contributed by atoms with E-state index in [9.17, 15) is 47.7 Å². The summed E-state index contributed by atoms with van der Waals surface area (Å²) in [5, 5.41) is 19.9. The standard InChI is InChI=1S/C13H22FN2O15P3/c1-2-3-9(18)13(7-14,29-11(6-17)16-5-4-10(19)15-12(16)20)8-28-33(24,25)31-34(26,27)30-32(21,22)23/h2-5,9,11,17-18H,6-8H2,1H3,(H,24,25)(H,26,27)(H,15,19,20)(H2,21,22,23)/b3-2+/t9-,11+,13+/m0/s1. The zero-order valence-corrected chi connectivity index (χ0v) is 19.8. The second-order valence-electron chi connectivity index (χ2n) is 6.31. The summed E-state index contributed by atoms with van der Waals surface area (Å²) in [5.41, 5.74) is -4.62. The first-order chi connectivity index (χ1) is 15.5. The molecule has 0 aliphatic rings. The zero-order valence-electron chi connectivity index (χ0n) is 17.1. The Labute approximate surface area is 189 Å². The Morgan fingerprint density at radius 3 is 2.26 bits per heavy atom. The highest BCUT2D eigenvalue weighted by Gasteiger charge is 2.46. The SMILES string of the molecule is C/C=C/[C@H](O)[C@@](CF)(COP(=O)(O)OP(=O)(O)OP(=O)(O)O)O[C@H](CO)n1ccc(=O)[nH]c1=O. The maximum atomic E-state index is 14.1. The molecule has 1 aromatic heterocycles. The van der Waals surface area contributed by atoms with Gasteiger partial charge in [0.15, 0.2) is 11.8 Å². The summed E-state index contributed by atoms with van der Waals surface area (Å²) >= 11 is 0. The van der Waals surface area contributed by atoms with E-state index in [4.69, 9.17) is 14.5 Å². The van der Waals surface area contributed by atoms with Crippen LogP contribution in [0.1, 0.15) is 13.2 Å². The lowest BCUT2D eigenvalue weighted by Crippen LogP contribution is -2.52. The van der Waals surface area contributed by atoms with Crippen molar-refractivity contribution >= 4 is 23.5 Å². The fraction of sp³-hybridized carbons (Fsp3) is 0.538. The van der Waals surface area contributed by atoms with Gasteiger partial charge in [-0.25, -0.2) is 22.9 Å². The van der Waals surface area contributed by atoms with Crippen molar-refractivity contribution < 1.29 is 65.8 Å². The number of nitrogens with zero attached hydrogens (tertiary/aromatic N) is 1. The molecule has 17 nitrogen and oxygen atoms in total. The predicted molar refractivity (Wildman–Crippen MR) is 108 cm³/mol. The topological polar surface area (TPSA) is 264 Å². The molecule has 1 aromatic rings. The Hall–Kier alpha value is -1.36. The van der Waals surface area contributed by atoms with Crippen molar-refractivity contribution in [1.29, 1.82) is 0 Å². The van der Waals surface area contributed by atoms with Gasteiger partial charge in [0.1, 0.15) is 12.8 Å². The number of hydrogen-bond acceptors (Lipinski definition) is 11. The van der Waals surface area contributed by atoms with E-state index in [1.165, 1.54) is 13.0 Å². The quantitative estimate of drug-likeness (QED) is 0.107. The minimum absolute atomic E-state index is 0.582. The van der Waals surface area contributed by atoms with E-state index >= 15 is 0 Å². The molecule has 21 heteroatoms. The smallest absolute Gasteiger partial charge is 0.392 e. The summed E-state index contributed by atoms with van der Waals surface area (Å²) in [6.07, 6.45) is -0.824. The first-order valence-corrected chi connectivity index (χ1v) is 13.3. The molecule has 0 spiro atoms. The van der Waals surface area contributed by atoms with Crippen molar-refractivity contribution in [2.24, 2.45) is 0 Å². The number of aromatic nitrogens is 2. The Balaban J connectivity index is 3.27. The Morgan fingerprint density at radius 1 is 1.18 bits per heavy atom. The number of phosphoric ester groups is 1. The van der Waals surface area contributed by atoms with Crippen LogP contribution in [0.2, 0.25) is 0 Å². The van der Waals surface area contributed by atoms with Gasteiger partial charge >= 0.3 is 29.2 Å². The summed E-state index contributed by atoms with van der Waals surface area (Å²) in [6.45, 7) is -2.84. The lowest BCUT2D eigenvalue weighted by Gasteiger charge is -2.37. The number of hydrogen-bond donors (Lipinski definition) is 7. The van der Waals surface area contributed by atoms with Crippen molar-refractivity contribution in [2.45, 2.75) is 24.9 Å². The second-order valence-corrected chi connectivity index (χ2v) is 10.7. The van der Waals surface area contributed by atoms with Crippen molar-refractivity contribution in [3.05, 3.63) is 45.3 Å². The summed E-state index contributed by atoms with van der Waals surface area (Å²) < 4.78 is 65.5. The van der Waals surface area contributed by atoms with E-state index in [-0.39, 0.29) is 0 Å². The average molecular weight is 558 g/mol. The molecule has 0 aliphatic carbocycles. The molecule has 0 radical (unpaired) electrons. The number of H-pyrrole nitrogens is 1. The number of rotatable bonds is 14. The third-order valence-electron chi connectivity index (χ3n) is 3.72. The minimum atomic E-state index is -5.89. The molecule has 7 N–H and O–H groups in total. The molecule has 196 valence electrons. The van der Waals surface area contributed by atoms with E-state index < -0.39 is 72.5 Å². The monoisotopic (exact) mass is 558 g/mol. The van der Waals surface area contributed by atoms with Gasteiger partial charge in [-0.3, -0.25) is 18.9 Å². The largest absolute Gasteiger partial charge is 0.490 e. The van der Waals surface area contributed by atoms with Gasteiger partial charge in [-0.1, -0.05) is 12.2 Å². The first-order valence-electron chi connectivity index (χ1n) is 8.75. The van der Waals surface area contributed by atoms with Crippen LogP contribution in [0.3, 0.4) is 0 Å². The zero-order chi connectivity index (χ0) is 26.4. The van der Waals surface area contributed by atoms with Gasteiger partial charge in [-0.15, -0.1) is 0 Å². The van der Waals surface area contributed by atoms with Gasteiger partial charge < -0.3 is 34.5 Å².